The number of carbonyl (C=O) groups is 2. The van der Waals surface area contributed by atoms with Crippen molar-refractivity contribution >= 4 is 34.9 Å². The molecule has 29 heavy (non-hydrogen) atoms. The first-order valence-corrected chi connectivity index (χ1v) is 8.65. The van der Waals surface area contributed by atoms with Crippen LogP contribution in [0.4, 0.5) is 14.5 Å². The van der Waals surface area contributed by atoms with Gasteiger partial charge in [0.15, 0.2) is 6.61 Å². The Morgan fingerprint density at radius 3 is 2.79 bits per heavy atom. The molecular formula is C17H14ClF2N5O4. The van der Waals surface area contributed by atoms with Crippen LogP contribution >= 0.6 is 11.6 Å². The SMILES string of the molecule is CCc1c(C(=O)OCC(=O)Nc2ccc(OC(F)F)c(Cl)c2)cnc2ncnn12. The topological polar surface area (TPSA) is 108 Å². The number of aryl methyl sites for hydroxylation is 1. The Kier molecular flexibility index (Phi) is 6.17. The molecular weight excluding hydrogens is 412 g/mol. The summed E-state index contributed by atoms with van der Waals surface area (Å²) in [6, 6.07) is 3.74. The molecule has 9 nitrogen and oxygen atoms in total. The lowest BCUT2D eigenvalue weighted by molar-refractivity contribution is -0.119. The van der Waals surface area contributed by atoms with E-state index in [9.17, 15) is 18.4 Å². The minimum absolute atomic E-state index is 0.111. The highest BCUT2D eigenvalue weighted by molar-refractivity contribution is 6.32. The molecule has 3 rings (SSSR count). The van der Waals surface area contributed by atoms with Crippen LogP contribution in [0, 0.1) is 0 Å². The second-order valence-corrected chi connectivity index (χ2v) is 6.00. The molecule has 12 heteroatoms. The summed E-state index contributed by atoms with van der Waals surface area (Å²) in [5, 5.41) is 6.33. The molecule has 0 aliphatic rings. The van der Waals surface area contributed by atoms with E-state index >= 15 is 0 Å². The number of nitrogens with zero attached hydrogens (tertiary/aromatic N) is 4. The Bertz CT molecular complexity index is 1060. The Morgan fingerprint density at radius 1 is 1.31 bits per heavy atom. The minimum Gasteiger partial charge on any atom is -0.452 e. The number of aromatic nitrogens is 4. The van der Waals surface area contributed by atoms with Gasteiger partial charge in [0.1, 0.15) is 12.1 Å². The van der Waals surface area contributed by atoms with Crippen LogP contribution < -0.4 is 10.1 Å². The summed E-state index contributed by atoms with van der Waals surface area (Å²) < 4.78 is 35.1. The molecule has 3 aromatic rings. The smallest absolute Gasteiger partial charge is 0.387 e. The maximum absolute atomic E-state index is 12.3. The fourth-order valence-electron chi connectivity index (χ4n) is 2.51. The van der Waals surface area contributed by atoms with Gasteiger partial charge in [-0.25, -0.2) is 14.3 Å². The fourth-order valence-corrected chi connectivity index (χ4v) is 2.74. The normalized spacial score (nSPS) is 10.9. The lowest BCUT2D eigenvalue weighted by atomic mass is 10.2. The zero-order valence-electron chi connectivity index (χ0n) is 14.9. The molecule has 0 aliphatic carbocycles. The Balaban J connectivity index is 1.62. The third-order valence-corrected chi connectivity index (χ3v) is 4.02. The molecule has 0 spiro atoms. The van der Waals surface area contributed by atoms with Crippen LogP contribution in [-0.2, 0) is 16.0 Å². The summed E-state index contributed by atoms with van der Waals surface area (Å²) in [6.45, 7) is -1.78. The number of nitrogens with one attached hydrogen (secondary N) is 1. The Morgan fingerprint density at radius 2 is 2.10 bits per heavy atom. The van der Waals surface area contributed by atoms with Crippen molar-refractivity contribution in [2.45, 2.75) is 20.0 Å². The number of hydrogen-bond acceptors (Lipinski definition) is 7. The fraction of sp³-hybridized carbons (Fsp3) is 0.235. The minimum atomic E-state index is -3.02. The van der Waals surface area contributed by atoms with Crippen LogP contribution in [0.2, 0.25) is 5.02 Å². The van der Waals surface area contributed by atoms with Crippen LogP contribution in [0.15, 0.2) is 30.7 Å². The first-order valence-electron chi connectivity index (χ1n) is 8.28. The molecule has 1 amide bonds. The molecule has 0 radical (unpaired) electrons. The van der Waals surface area contributed by atoms with Crippen molar-refractivity contribution in [2.24, 2.45) is 0 Å². The number of ether oxygens (including phenoxy) is 2. The van der Waals surface area contributed by atoms with E-state index in [0.29, 0.717) is 17.9 Å². The molecule has 0 bridgehead atoms. The summed E-state index contributed by atoms with van der Waals surface area (Å²) in [5.74, 6) is -1.29. The van der Waals surface area contributed by atoms with Gasteiger partial charge in [0.25, 0.3) is 11.7 Å². The molecule has 1 aromatic carbocycles. The van der Waals surface area contributed by atoms with Gasteiger partial charge in [-0.1, -0.05) is 18.5 Å². The number of fused-ring (bicyclic) bond motifs is 1. The molecule has 2 heterocycles. The Hall–Kier alpha value is -3.34. The van der Waals surface area contributed by atoms with Crippen LogP contribution in [0.3, 0.4) is 0 Å². The predicted molar refractivity (Wildman–Crippen MR) is 97.2 cm³/mol. The first-order chi connectivity index (χ1) is 13.9. The van der Waals surface area contributed by atoms with E-state index in [2.05, 4.69) is 25.1 Å². The number of rotatable bonds is 7. The standard InChI is InChI=1S/C17H14ClF2N5O4/c1-2-12-10(6-21-17-22-8-23-25(12)17)15(27)28-7-14(26)24-9-3-4-13(11(18)5-9)29-16(19)20/h3-6,8,16H,2,7H2,1H3,(H,24,26). The summed E-state index contributed by atoms with van der Waals surface area (Å²) in [4.78, 5) is 32.3. The van der Waals surface area contributed by atoms with Gasteiger partial charge in [-0.2, -0.15) is 18.9 Å². The number of alkyl halides is 2. The maximum Gasteiger partial charge on any atom is 0.387 e. The largest absolute Gasteiger partial charge is 0.452 e. The molecule has 1 N–H and O–H groups in total. The summed E-state index contributed by atoms with van der Waals surface area (Å²) >= 11 is 5.82. The van der Waals surface area contributed by atoms with E-state index in [1.54, 1.807) is 0 Å². The van der Waals surface area contributed by atoms with Crippen LogP contribution in [-0.4, -0.2) is 44.7 Å². The monoisotopic (exact) mass is 425 g/mol. The molecule has 0 aliphatic heterocycles. The molecule has 152 valence electrons. The zero-order valence-corrected chi connectivity index (χ0v) is 15.7. The average Bonchev–Trinajstić information content (AvgIpc) is 3.16. The van der Waals surface area contributed by atoms with E-state index in [1.807, 2.05) is 6.92 Å². The van der Waals surface area contributed by atoms with Gasteiger partial charge in [-0.05, 0) is 24.6 Å². The van der Waals surface area contributed by atoms with Crippen molar-refractivity contribution in [3.8, 4) is 5.75 Å². The number of amides is 1. The number of carbonyl (C=O) groups excluding carboxylic acids is 2. The first kappa shape index (κ1) is 20.4. The highest BCUT2D eigenvalue weighted by atomic mass is 35.5. The van der Waals surface area contributed by atoms with Gasteiger partial charge in [0.05, 0.1) is 16.3 Å². The number of anilines is 1. The van der Waals surface area contributed by atoms with Crippen LogP contribution in [0.25, 0.3) is 5.78 Å². The molecule has 0 saturated heterocycles. The van der Waals surface area contributed by atoms with Crippen molar-refractivity contribution in [3.63, 3.8) is 0 Å². The van der Waals surface area contributed by atoms with Crippen molar-refractivity contribution in [2.75, 3.05) is 11.9 Å². The van der Waals surface area contributed by atoms with Crippen molar-refractivity contribution in [3.05, 3.63) is 47.0 Å². The van der Waals surface area contributed by atoms with E-state index < -0.39 is 25.1 Å². The zero-order chi connectivity index (χ0) is 21.0. The number of hydrogen-bond donors (Lipinski definition) is 1. The summed E-state index contributed by atoms with van der Waals surface area (Å²) in [7, 11) is 0. The van der Waals surface area contributed by atoms with Gasteiger partial charge in [-0.15, -0.1) is 0 Å². The van der Waals surface area contributed by atoms with Gasteiger partial charge in [-0.3, -0.25) is 4.79 Å². The van der Waals surface area contributed by atoms with E-state index in [4.69, 9.17) is 16.3 Å². The van der Waals surface area contributed by atoms with Crippen molar-refractivity contribution < 1.29 is 27.8 Å². The van der Waals surface area contributed by atoms with Crippen molar-refractivity contribution in [1.29, 1.82) is 0 Å². The average molecular weight is 426 g/mol. The van der Waals surface area contributed by atoms with Gasteiger partial charge in [0, 0.05) is 11.9 Å². The van der Waals surface area contributed by atoms with Gasteiger partial charge in [0.2, 0.25) is 0 Å². The second-order valence-electron chi connectivity index (χ2n) is 5.59. The predicted octanol–water partition coefficient (Wildman–Crippen LogP) is 2.74. The van der Waals surface area contributed by atoms with Crippen LogP contribution in [0.1, 0.15) is 23.0 Å². The van der Waals surface area contributed by atoms with Crippen LogP contribution in [0.5, 0.6) is 5.75 Å². The highest BCUT2D eigenvalue weighted by Gasteiger charge is 2.18. The Labute approximate surface area is 167 Å². The lowest BCUT2D eigenvalue weighted by Crippen LogP contribution is -2.22. The third-order valence-electron chi connectivity index (χ3n) is 3.73. The van der Waals surface area contributed by atoms with E-state index in [0.717, 1.165) is 0 Å². The van der Waals surface area contributed by atoms with Gasteiger partial charge < -0.3 is 14.8 Å². The number of benzene rings is 1. The molecule has 0 saturated carbocycles. The van der Waals surface area contributed by atoms with E-state index in [1.165, 1.54) is 35.2 Å². The summed E-state index contributed by atoms with van der Waals surface area (Å²) in [5.41, 5.74) is 0.923. The van der Waals surface area contributed by atoms with E-state index in [-0.39, 0.29) is 22.0 Å². The quantitative estimate of drug-likeness (QED) is 0.580. The van der Waals surface area contributed by atoms with Gasteiger partial charge >= 0.3 is 12.6 Å². The molecule has 0 atom stereocenters. The molecule has 0 unspecified atom stereocenters. The number of halogens is 3. The lowest BCUT2D eigenvalue weighted by Gasteiger charge is -2.11. The highest BCUT2D eigenvalue weighted by Crippen LogP contribution is 2.28. The number of esters is 1. The molecule has 2 aromatic heterocycles. The maximum atomic E-state index is 12.3. The second kappa shape index (κ2) is 8.78. The van der Waals surface area contributed by atoms with Crippen molar-refractivity contribution in [1.82, 2.24) is 19.6 Å². The third kappa shape index (κ3) is 4.74. The molecule has 0 fully saturated rings. The summed E-state index contributed by atoms with van der Waals surface area (Å²) in [6.07, 6.45) is 3.09.